The van der Waals surface area contributed by atoms with Crippen LogP contribution in [0.25, 0.3) is 0 Å². The molecule has 3 amide bonds. The molecule has 3 atom stereocenters. The van der Waals surface area contributed by atoms with Crippen LogP contribution in [0.15, 0.2) is 0 Å². The average molecular weight is 377 g/mol. The molecule has 8 nitrogen and oxygen atoms in total. The van der Waals surface area contributed by atoms with Crippen molar-refractivity contribution in [2.45, 2.75) is 86.9 Å². The van der Waals surface area contributed by atoms with Gasteiger partial charge in [0.2, 0.25) is 17.7 Å². The molecule has 0 radical (unpaired) electrons. The van der Waals surface area contributed by atoms with E-state index >= 15 is 0 Å². The minimum absolute atomic E-state index is 0.269. The van der Waals surface area contributed by atoms with Gasteiger partial charge in [-0.2, -0.15) is 0 Å². The van der Waals surface area contributed by atoms with Crippen molar-refractivity contribution in [1.29, 1.82) is 0 Å². The molecule has 0 aromatic heterocycles. The van der Waals surface area contributed by atoms with Crippen molar-refractivity contribution in [1.82, 2.24) is 16.0 Å². The van der Waals surface area contributed by atoms with E-state index in [1.54, 1.807) is 14.0 Å². The van der Waals surface area contributed by atoms with E-state index in [1.165, 1.54) is 13.8 Å². The van der Waals surface area contributed by atoms with E-state index in [-0.39, 0.29) is 18.1 Å². The monoisotopic (exact) mass is 376 g/mol. The number of carbonyl (C=O) groups excluding carboxylic acids is 4. The Morgan fingerprint density at radius 3 is 1.50 bits per heavy atom. The van der Waals surface area contributed by atoms with E-state index in [2.05, 4.69) is 16.0 Å². The third-order valence-electron chi connectivity index (χ3n) is 2.79. The average Bonchev–Trinajstić information content (AvgIpc) is 2.64. The lowest BCUT2D eigenvalue weighted by Crippen LogP contribution is -2.53. The number of carbonyl (C=O) groups is 4. The summed E-state index contributed by atoms with van der Waals surface area (Å²) in [6.07, 6.45) is -0.269. The lowest BCUT2D eigenvalue weighted by atomic mass is 10.1. The van der Waals surface area contributed by atoms with Crippen molar-refractivity contribution in [2.24, 2.45) is 5.73 Å². The van der Waals surface area contributed by atoms with E-state index in [1.807, 2.05) is 41.5 Å². The van der Waals surface area contributed by atoms with Crippen LogP contribution in [0.4, 0.5) is 0 Å². The van der Waals surface area contributed by atoms with Gasteiger partial charge in [0, 0.05) is 0 Å². The van der Waals surface area contributed by atoms with Gasteiger partial charge in [0.05, 0.1) is 18.5 Å². The molecule has 8 heteroatoms. The summed E-state index contributed by atoms with van der Waals surface area (Å²) in [5.74, 6) is -1.96. The highest BCUT2D eigenvalue weighted by Gasteiger charge is 2.24. The number of hydrogen-bond donors (Lipinski definition) is 4. The summed E-state index contributed by atoms with van der Waals surface area (Å²) >= 11 is 0. The van der Waals surface area contributed by atoms with Gasteiger partial charge in [-0.3, -0.25) is 19.2 Å². The van der Waals surface area contributed by atoms with Crippen LogP contribution in [0, 0.1) is 0 Å². The summed E-state index contributed by atoms with van der Waals surface area (Å²) in [6, 6.07) is -2.24. The van der Waals surface area contributed by atoms with Crippen LogP contribution in [0.1, 0.15) is 68.7 Å². The second kappa shape index (κ2) is 21.1. The summed E-state index contributed by atoms with van der Waals surface area (Å²) < 4.78 is 0. The SMILES string of the molecule is CC.CC.CC.CNC(C)C(=O)N[C@@H](C)C(=O)NC(CC(N)=O)C(C)=O. The number of hydrogen-bond acceptors (Lipinski definition) is 5. The molecule has 0 aliphatic heterocycles. The Morgan fingerprint density at radius 1 is 0.808 bits per heavy atom. The number of likely N-dealkylation sites (N-methyl/N-ethyl adjacent to an activating group) is 1. The highest BCUT2D eigenvalue weighted by molar-refractivity contribution is 5.94. The second-order valence-electron chi connectivity index (χ2n) is 4.58. The fourth-order valence-corrected chi connectivity index (χ4v) is 1.33. The third kappa shape index (κ3) is 16.9. The number of primary amides is 1. The van der Waals surface area contributed by atoms with Crippen molar-refractivity contribution in [2.75, 3.05) is 7.05 Å². The van der Waals surface area contributed by atoms with E-state index in [9.17, 15) is 19.2 Å². The van der Waals surface area contributed by atoms with Crippen LogP contribution < -0.4 is 21.7 Å². The van der Waals surface area contributed by atoms with Crippen LogP contribution in [0.2, 0.25) is 0 Å². The van der Waals surface area contributed by atoms with Crippen molar-refractivity contribution in [3.8, 4) is 0 Å². The molecule has 0 fully saturated rings. The van der Waals surface area contributed by atoms with Crippen molar-refractivity contribution in [3.05, 3.63) is 0 Å². The van der Waals surface area contributed by atoms with Crippen LogP contribution in [0.3, 0.4) is 0 Å². The molecular weight excluding hydrogens is 336 g/mol. The fraction of sp³-hybridized carbons (Fsp3) is 0.778. The Hall–Kier alpha value is -1.96. The molecule has 26 heavy (non-hydrogen) atoms. The van der Waals surface area contributed by atoms with E-state index in [0.717, 1.165) is 0 Å². The summed E-state index contributed by atoms with van der Waals surface area (Å²) in [4.78, 5) is 45.5. The smallest absolute Gasteiger partial charge is 0.242 e. The van der Waals surface area contributed by atoms with Gasteiger partial charge < -0.3 is 21.7 Å². The van der Waals surface area contributed by atoms with Crippen molar-refractivity contribution < 1.29 is 19.2 Å². The predicted octanol–water partition coefficient (Wildman–Crippen LogP) is 1.13. The van der Waals surface area contributed by atoms with E-state index in [4.69, 9.17) is 5.73 Å². The first-order chi connectivity index (χ1) is 12.2. The first kappa shape index (κ1) is 31.8. The zero-order chi connectivity index (χ0) is 21.9. The molecule has 0 aliphatic carbocycles. The molecule has 0 saturated carbocycles. The number of nitrogens with one attached hydrogen (secondary N) is 3. The lowest BCUT2D eigenvalue weighted by Gasteiger charge is -2.20. The Labute approximate surface area is 159 Å². The topological polar surface area (TPSA) is 130 Å². The number of amides is 3. The fourth-order valence-electron chi connectivity index (χ4n) is 1.33. The molecule has 0 aromatic carbocycles. The highest BCUT2D eigenvalue weighted by atomic mass is 16.2. The number of Topliss-reactive ketones (excluding diaryl/α,β-unsaturated/α-hetero) is 1. The summed E-state index contributed by atoms with van der Waals surface area (Å²) in [5, 5.41) is 7.61. The zero-order valence-electron chi connectivity index (χ0n) is 18.1. The zero-order valence-corrected chi connectivity index (χ0v) is 18.1. The number of nitrogens with two attached hydrogens (primary N) is 1. The Balaban J connectivity index is -0.000000362. The molecule has 0 aliphatic rings. The third-order valence-corrected chi connectivity index (χ3v) is 2.79. The van der Waals surface area contributed by atoms with Gasteiger partial charge in [0.1, 0.15) is 6.04 Å². The largest absolute Gasteiger partial charge is 0.370 e. The van der Waals surface area contributed by atoms with E-state index < -0.39 is 29.9 Å². The molecule has 2 unspecified atom stereocenters. The predicted molar refractivity (Wildman–Crippen MR) is 107 cm³/mol. The van der Waals surface area contributed by atoms with Gasteiger partial charge >= 0.3 is 0 Å². The van der Waals surface area contributed by atoms with Gasteiger partial charge in [-0.1, -0.05) is 41.5 Å². The molecule has 0 spiro atoms. The molecule has 0 rings (SSSR count). The molecular formula is C18H40N4O4. The summed E-state index contributed by atoms with van der Waals surface area (Å²) in [6.45, 7) is 16.4. The van der Waals surface area contributed by atoms with Crippen molar-refractivity contribution >= 4 is 23.5 Å². The van der Waals surface area contributed by atoms with Gasteiger partial charge in [-0.05, 0) is 27.8 Å². The first-order valence-corrected chi connectivity index (χ1v) is 9.25. The van der Waals surface area contributed by atoms with Gasteiger partial charge in [-0.15, -0.1) is 0 Å². The maximum absolute atomic E-state index is 11.8. The number of ketones is 1. The number of rotatable bonds is 8. The molecule has 5 N–H and O–H groups in total. The molecule has 0 bridgehead atoms. The van der Waals surface area contributed by atoms with Gasteiger partial charge in [-0.25, -0.2) is 0 Å². The van der Waals surface area contributed by atoms with Crippen LogP contribution in [-0.2, 0) is 19.2 Å². The standard InChI is InChI=1S/C12H22N4O4.3C2H6/c1-6(14-4)11(19)15-7(2)12(20)16-9(8(3)17)5-10(13)18;3*1-2/h6-7,9,14H,5H2,1-4H3,(H2,13,18)(H,15,19)(H,16,20);3*1-2H3/t6?,7-,9?;;;/m0.../s1. The highest BCUT2D eigenvalue weighted by Crippen LogP contribution is 1.95. The molecule has 0 saturated heterocycles. The summed E-state index contributed by atoms with van der Waals surface area (Å²) in [5.41, 5.74) is 5.00. The van der Waals surface area contributed by atoms with Gasteiger partial charge in [0.15, 0.2) is 5.78 Å². The van der Waals surface area contributed by atoms with Crippen LogP contribution in [-0.4, -0.2) is 48.7 Å². The maximum Gasteiger partial charge on any atom is 0.242 e. The van der Waals surface area contributed by atoms with Crippen LogP contribution in [0.5, 0.6) is 0 Å². The summed E-state index contributed by atoms with van der Waals surface area (Å²) in [7, 11) is 1.62. The molecule has 0 heterocycles. The van der Waals surface area contributed by atoms with Crippen molar-refractivity contribution in [3.63, 3.8) is 0 Å². The minimum Gasteiger partial charge on any atom is -0.370 e. The Kier molecular flexibility index (Phi) is 25.8. The molecule has 0 aromatic rings. The molecule has 156 valence electrons. The quantitative estimate of drug-likeness (QED) is 0.504. The first-order valence-electron chi connectivity index (χ1n) is 9.25. The Morgan fingerprint density at radius 2 is 1.19 bits per heavy atom. The second-order valence-corrected chi connectivity index (χ2v) is 4.58. The minimum atomic E-state index is -0.971. The van der Waals surface area contributed by atoms with Gasteiger partial charge in [0.25, 0.3) is 0 Å². The Bertz CT molecular complexity index is 401. The normalized spacial score (nSPS) is 12.1. The van der Waals surface area contributed by atoms with E-state index in [0.29, 0.717) is 0 Å². The maximum atomic E-state index is 11.8. The lowest BCUT2D eigenvalue weighted by molar-refractivity contribution is -0.132. The van der Waals surface area contributed by atoms with Crippen LogP contribution >= 0.6 is 0 Å².